The lowest BCUT2D eigenvalue weighted by atomic mass is 10.1. The van der Waals surface area contributed by atoms with E-state index in [1.165, 1.54) is 6.07 Å². The molecule has 1 saturated heterocycles. The molecule has 1 N–H and O–H groups in total. The Morgan fingerprint density at radius 1 is 1.31 bits per heavy atom. The van der Waals surface area contributed by atoms with Gasteiger partial charge < -0.3 is 10.1 Å². The Hall–Kier alpha value is -0.360. The first-order chi connectivity index (χ1) is 7.75. The Morgan fingerprint density at radius 3 is 3.00 bits per heavy atom. The van der Waals surface area contributed by atoms with Gasteiger partial charge >= 0.3 is 0 Å². The van der Waals surface area contributed by atoms with E-state index in [0.717, 1.165) is 41.7 Å². The molecule has 1 aliphatic rings. The summed E-state index contributed by atoms with van der Waals surface area (Å²) < 4.78 is 19.3. The minimum Gasteiger partial charge on any atom is -0.381 e. The monoisotopic (exact) mass is 335 g/mol. The van der Waals surface area contributed by atoms with Crippen molar-refractivity contribution in [3.63, 3.8) is 0 Å². The van der Waals surface area contributed by atoms with E-state index >= 15 is 0 Å². The van der Waals surface area contributed by atoms with Crippen LogP contribution < -0.4 is 5.32 Å². The largest absolute Gasteiger partial charge is 0.381 e. The molecule has 1 aliphatic heterocycles. The van der Waals surface area contributed by atoms with Gasteiger partial charge in [0.1, 0.15) is 5.82 Å². The van der Waals surface area contributed by atoms with Crippen LogP contribution in [0.15, 0.2) is 18.2 Å². The van der Waals surface area contributed by atoms with Crippen molar-refractivity contribution in [1.29, 1.82) is 0 Å². The summed E-state index contributed by atoms with van der Waals surface area (Å²) in [7, 11) is 0. The zero-order chi connectivity index (χ0) is 11.4. The Kier molecular flexibility index (Phi) is 4.40. The second-order valence-electron chi connectivity index (χ2n) is 4.01. The Labute approximate surface area is 109 Å². The number of anilines is 1. The summed E-state index contributed by atoms with van der Waals surface area (Å²) >= 11 is 2.16. The van der Waals surface area contributed by atoms with E-state index in [2.05, 4.69) is 27.9 Å². The molecule has 16 heavy (non-hydrogen) atoms. The smallest absolute Gasteiger partial charge is 0.124 e. The third-order valence-electron chi connectivity index (χ3n) is 2.74. The summed E-state index contributed by atoms with van der Waals surface area (Å²) in [4.78, 5) is 0. The molecule has 88 valence electrons. The average Bonchev–Trinajstić information content (AvgIpc) is 2.51. The van der Waals surface area contributed by atoms with Crippen molar-refractivity contribution in [1.82, 2.24) is 0 Å². The van der Waals surface area contributed by atoms with E-state index in [9.17, 15) is 4.39 Å². The Bertz CT molecular complexity index is 351. The lowest BCUT2D eigenvalue weighted by molar-refractivity contribution is 0.144. The average molecular weight is 335 g/mol. The Balaban J connectivity index is 2.01. The zero-order valence-electron chi connectivity index (χ0n) is 9.01. The summed E-state index contributed by atoms with van der Waals surface area (Å²) in [5.41, 5.74) is 1.02. The number of ether oxygens (including phenoxy) is 1. The first-order valence-corrected chi connectivity index (χ1v) is 6.63. The fourth-order valence-electron chi connectivity index (χ4n) is 1.87. The van der Waals surface area contributed by atoms with Gasteiger partial charge in [0, 0.05) is 28.5 Å². The lowest BCUT2D eigenvalue weighted by Gasteiger charge is -2.18. The zero-order valence-corrected chi connectivity index (χ0v) is 11.2. The normalized spacial score (nSPS) is 21.5. The van der Waals surface area contributed by atoms with Crippen LogP contribution in [0.25, 0.3) is 0 Å². The van der Waals surface area contributed by atoms with E-state index in [1.54, 1.807) is 6.07 Å². The maximum atomic E-state index is 12.9. The van der Waals surface area contributed by atoms with E-state index < -0.39 is 0 Å². The first-order valence-electron chi connectivity index (χ1n) is 5.55. The molecule has 1 aromatic carbocycles. The molecule has 1 aromatic rings. The fraction of sp³-hybridized carbons (Fsp3) is 0.500. The number of benzene rings is 1. The molecule has 0 aromatic heterocycles. The summed E-state index contributed by atoms with van der Waals surface area (Å²) in [5, 5.41) is 3.46. The molecule has 1 fully saturated rings. The lowest BCUT2D eigenvalue weighted by Crippen LogP contribution is -2.20. The van der Waals surface area contributed by atoms with Gasteiger partial charge in [-0.15, -0.1) is 0 Å². The van der Waals surface area contributed by atoms with Crippen LogP contribution in [0.4, 0.5) is 10.1 Å². The number of hydrogen-bond donors (Lipinski definition) is 1. The van der Waals surface area contributed by atoms with Crippen molar-refractivity contribution < 1.29 is 9.13 Å². The standard InChI is InChI=1S/C12H15FINO/c13-9-3-4-12(11(14)8-9)15-10-2-1-6-16-7-5-10/h3-4,8,10,15H,1-2,5-7H2. The molecule has 0 bridgehead atoms. The van der Waals surface area contributed by atoms with Gasteiger partial charge in [-0.2, -0.15) is 0 Å². The topological polar surface area (TPSA) is 21.3 Å². The molecule has 4 heteroatoms. The SMILES string of the molecule is Fc1ccc(NC2CCCOCC2)c(I)c1. The van der Waals surface area contributed by atoms with E-state index in [1.807, 2.05) is 6.07 Å². The molecule has 0 radical (unpaired) electrons. The van der Waals surface area contributed by atoms with Gasteiger partial charge in [-0.3, -0.25) is 0 Å². The third kappa shape index (κ3) is 3.31. The minimum absolute atomic E-state index is 0.181. The predicted octanol–water partition coefficient (Wildman–Crippen LogP) is 3.41. The molecule has 0 spiro atoms. The molecule has 0 amide bonds. The number of hydrogen-bond acceptors (Lipinski definition) is 2. The molecule has 1 unspecified atom stereocenters. The van der Waals surface area contributed by atoms with Gasteiger partial charge in [-0.1, -0.05) is 0 Å². The van der Waals surface area contributed by atoms with Gasteiger partial charge in [0.15, 0.2) is 0 Å². The molecular formula is C12H15FINO. The van der Waals surface area contributed by atoms with Crippen LogP contribution in [0.2, 0.25) is 0 Å². The minimum atomic E-state index is -0.181. The highest BCUT2D eigenvalue weighted by atomic mass is 127. The van der Waals surface area contributed by atoms with Crippen molar-refractivity contribution in [2.24, 2.45) is 0 Å². The van der Waals surface area contributed by atoms with Gasteiger partial charge in [0.2, 0.25) is 0 Å². The number of rotatable bonds is 2. The third-order valence-corrected chi connectivity index (χ3v) is 3.64. The van der Waals surface area contributed by atoms with Crippen LogP contribution in [0.1, 0.15) is 19.3 Å². The van der Waals surface area contributed by atoms with Crippen LogP contribution in [0.3, 0.4) is 0 Å². The van der Waals surface area contributed by atoms with Gasteiger partial charge in [0.05, 0.1) is 0 Å². The molecule has 0 aliphatic carbocycles. The van der Waals surface area contributed by atoms with E-state index in [0.29, 0.717) is 6.04 Å². The van der Waals surface area contributed by atoms with Crippen LogP contribution in [0, 0.1) is 9.39 Å². The summed E-state index contributed by atoms with van der Waals surface area (Å²) in [6.45, 7) is 1.67. The molecule has 1 heterocycles. The fourth-order valence-corrected chi connectivity index (χ4v) is 2.51. The molecule has 2 nitrogen and oxygen atoms in total. The summed E-state index contributed by atoms with van der Waals surface area (Å²) in [5.74, 6) is -0.181. The van der Waals surface area contributed by atoms with Crippen LogP contribution in [-0.2, 0) is 4.74 Å². The van der Waals surface area contributed by atoms with E-state index in [4.69, 9.17) is 4.74 Å². The quantitative estimate of drug-likeness (QED) is 0.837. The molecular weight excluding hydrogens is 320 g/mol. The highest BCUT2D eigenvalue weighted by Crippen LogP contribution is 2.22. The molecule has 1 atom stereocenters. The number of halogens is 2. The predicted molar refractivity (Wildman–Crippen MR) is 71.2 cm³/mol. The Morgan fingerprint density at radius 2 is 2.19 bits per heavy atom. The maximum absolute atomic E-state index is 12.9. The van der Waals surface area contributed by atoms with Gasteiger partial charge in [-0.05, 0) is 60.1 Å². The van der Waals surface area contributed by atoms with Crippen molar-refractivity contribution in [2.45, 2.75) is 25.3 Å². The molecule has 2 rings (SSSR count). The van der Waals surface area contributed by atoms with Crippen LogP contribution in [0.5, 0.6) is 0 Å². The highest BCUT2D eigenvalue weighted by molar-refractivity contribution is 14.1. The van der Waals surface area contributed by atoms with Crippen molar-refractivity contribution in [2.75, 3.05) is 18.5 Å². The van der Waals surface area contributed by atoms with Crippen LogP contribution in [-0.4, -0.2) is 19.3 Å². The summed E-state index contributed by atoms with van der Waals surface area (Å²) in [6, 6.07) is 5.30. The van der Waals surface area contributed by atoms with Gasteiger partial charge in [-0.25, -0.2) is 4.39 Å². The second-order valence-corrected chi connectivity index (χ2v) is 5.17. The van der Waals surface area contributed by atoms with Crippen LogP contribution >= 0.6 is 22.6 Å². The van der Waals surface area contributed by atoms with Crippen molar-refractivity contribution in [3.05, 3.63) is 27.6 Å². The van der Waals surface area contributed by atoms with E-state index in [-0.39, 0.29) is 5.82 Å². The highest BCUT2D eigenvalue weighted by Gasteiger charge is 2.13. The van der Waals surface area contributed by atoms with Crippen molar-refractivity contribution >= 4 is 28.3 Å². The maximum Gasteiger partial charge on any atom is 0.124 e. The number of nitrogens with one attached hydrogen (secondary N) is 1. The van der Waals surface area contributed by atoms with Gasteiger partial charge in [0.25, 0.3) is 0 Å². The molecule has 0 saturated carbocycles. The second kappa shape index (κ2) is 5.82. The summed E-state index contributed by atoms with van der Waals surface area (Å²) in [6.07, 6.45) is 3.23. The van der Waals surface area contributed by atoms with Crippen molar-refractivity contribution in [3.8, 4) is 0 Å². The first kappa shape index (κ1) is 12.1.